The minimum atomic E-state index is -3.45. The number of morpholine rings is 1. The predicted octanol–water partition coefficient (Wildman–Crippen LogP) is 5.98. The Hall–Kier alpha value is -3.40. The second-order valence-corrected chi connectivity index (χ2v) is 13.5. The molecule has 2 aliphatic carbocycles. The quantitative estimate of drug-likeness (QED) is 0.262. The van der Waals surface area contributed by atoms with Gasteiger partial charge < -0.3 is 20.3 Å². The zero-order valence-corrected chi connectivity index (χ0v) is 24.1. The van der Waals surface area contributed by atoms with E-state index in [4.69, 9.17) is 26.3 Å². The van der Waals surface area contributed by atoms with E-state index < -0.39 is 15.3 Å². The van der Waals surface area contributed by atoms with Gasteiger partial charge in [-0.25, -0.2) is 14.8 Å². The SMILES string of the molecule is C[C@H]1COCCN1c1cc(C2(S(O)(O)c3ccc(C#N)cc3Cl)CC2)nc(-c2ccc(NC(=O)NC3CC3)cc2)n1. The van der Waals surface area contributed by atoms with Crippen LogP contribution in [-0.2, 0) is 9.48 Å². The van der Waals surface area contributed by atoms with Crippen LogP contribution in [0.2, 0.25) is 5.02 Å². The van der Waals surface area contributed by atoms with Crippen LogP contribution in [0.3, 0.4) is 0 Å². The number of nitrogens with zero attached hydrogens (tertiary/aromatic N) is 4. The summed E-state index contributed by atoms with van der Waals surface area (Å²) in [5.74, 6) is 1.12. The maximum absolute atomic E-state index is 12.2. The molecular formula is C29H31ClN6O4S. The summed E-state index contributed by atoms with van der Waals surface area (Å²) in [6, 6.07) is 15.8. The average molecular weight is 595 g/mol. The molecule has 214 valence electrons. The normalized spacial score (nSPS) is 20.2. The molecule has 2 saturated carbocycles. The summed E-state index contributed by atoms with van der Waals surface area (Å²) >= 11 is 6.46. The van der Waals surface area contributed by atoms with Gasteiger partial charge in [-0.2, -0.15) is 15.9 Å². The molecule has 4 N–H and O–H groups in total. The Balaban J connectivity index is 1.37. The summed E-state index contributed by atoms with van der Waals surface area (Å²) in [5.41, 5.74) is 2.25. The predicted molar refractivity (Wildman–Crippen MR) is 158 cm³/mol. The van der Waals surface area contributed by atoms with Crippen LogP contribution in [0.4, 0.5) is 16.3 Å². The number of hydrogen-bond donors (Lipinski definition) is 4. The summed E-state index contributed by atoms with van der Waals surface area (Å²) < 4.78 is 28.0. The third kappa shape index (κ3) is 5.46. The number of nitriles is 1. The number of amides is 2. The van der Waals surface area contributed by atoms with Crippen LogP contribution in [0, 0.1) is 11.3 Å². The van der Waals surface area contributed by atoms with E-state index in [1.54, 1.807) is 12.1 Å². The first-order valence-corrected chi connectivity index (χ1v) is 15.5. The average Bonchev–Trinajstić information content (AvgIpc) is 3.89. The fraction of sp³-hybridized carbons (Fsp3) is 0.379. The van der Waals surface area contributed by atoms with Crippen molar-refractivity contribution in [3.63, 3.8) is 0 Å². The number of hydrogen-bond acceptors (Lipinski definition) is 8. The molecule has 3 aromatic rings. The second kappa shape index (κ2) is 10.8. The number of carbonyl (C=O) groups is 1. The van der Waals surface area contributed by atoms with Crippen LogP contribution >= 0.6 is 22.2 Å². The summed E-state index contributed by atoms with van der Waals surface area (Å²) in [5, 5.41) is 15.1. The maximum Gasteiger partial charge on any atom is 0.319 e. The van der Waals surface area contributed by atoms with E-state index >= 15 is 0 Å². The van der Waals surface area contributed by atoms with E-state index in [-0.39, 0.29) is 28.0 Å². The highest BCUT2D eigenvalue weighted by molar-refractivity contribution is 8.25. The highest BCUT2D eigenvalue weighted by Crippen LogP contribution is 2.76. The molecule has 0 unspecified atom stereocenters. The molecule has 2 amide bonds. The first-order valence-electron chi connectivity index (χ1n) is 13.6. The summed E-state index contributed by atoms with van der Waals surface area (Å²) in [7, 11) is -3.45. The lowest BCUT2D eigenvalue weighted by Gasteiger charge is -2.42. The Labute approximate surface area is 245 Å². The molecular weight excluding hydrogens is 564 g/mol. The van der Waals surface area contributed by atoms with Gasteiger partial charge in [0.2, 0.25) is 0 Å². The van der Waals surface area contributed by atoms with Crippen molar-refractivity contribution in [3.05, 3.63) is 64.8 Å². The molecule has 6 rings (SSSR count). The first-order chi connectivity index (χ1) is 19.7. The van der Waals surface area contributed by atoms with Crippen molar-refractivity contribution < 1.29 is 18.6 Å². The van der Waals surface area contributed by atoms with Crippen LogP contribution in [0.25, 0.3) is 11.4 Å². The van der Waals surface area contributed by atoms with E-state index in [0.29, 0.717) is 61.2 Å². The lowest BCUT2D eigenvalue weighted by molar-refractivity contribution is 0.0985. The van der Waals surface area contributed by atoms with E-state index in [1.807, 2.05) is 24.3 Å². The van der Waals surface area contributed by atoms with Gasteiger partial charge in [0.25, 0.3) is 0 Å². The van der Waals surface area contributed by atoms with Crippen LogP contribution in [0.5, 0.6) is 0 Å². The fourth-order valence-electron chi connectivity index (χ4n) is 5.11. The standard InChI is InChI=1S/C29H31ClN6O4S/c1-18-17-40-13-12-36(18)26-15-25(29(10-11-29)41(38,39)24-9-2-19(16-31)14-23(24)30)34-27(35-26)20-3-5-21(6-4-20)32-28(37)33-22-7-8-22/h2-6,9,14-15,18,22,38-39H,7-8,10-13,17H2,1H3,(H2,32,33,37)/t18-/m0/s1. The Morgan fingerprint density at radius 2 is 1.93 bits per heavy atom. The molecule has 0 radical (unpaired) electrons. The number of urea groups is 1. The van der Waals surface area contributed by atoms with Gasteiger partial charge in [0.15, 0.2) is 5.82 Å². The highest BCUT2D eigenvalue weighted by atomic mass is 35.5. The van der Waals surface area contributed by atoms with Crippen molar-refractivity contribution in [2.45, 2.75) is 54.3 Å². The van der Waals surface area contributed by atoms with Crippen LogP contribution in [-0.4, -0.2) is 56.9 Å². The minimum Gasteiger partial charge on any atom is -0.377 e. The number of nitrogens with one attached hydrogen (secondary N) is 2. The molecule has 1 atom stereocenters. The molecule has 41 heavy (non-hydrogen) atoms. The zero-order valence-electron chi connectivity index (χ0n) is 22.5. The van der Waals surface area contributed by atoms with Gasteiger partial charge in [0, 0.05) is 29.9 Å². The third-order valence-electron chi connectivity index (χ3n) is 7.77. The summed E-state index contributed by atoms with van der Waals surface area (Å²) in [6.45, 7) is 3.81. The van der Waals surface area contributed by atoms with Crippen LogP contribution < -0.4 is 15.5 Å². The van der Waals surface area contributed by atoms with Crippen molar-refractivity contribution in [1.82, 2.24) is 15.3 Å². The van der Waals surface area contributed by atoms with E-state index in [1.165, 1.54) is 18.2 Å². The number of anilines is 2. The fourth-order valence-corrected chi connectivity index (χ4v) is 7.69. The highest BCUT2D eigenvalue weighted by Gasteiger charge is 2.58. The lowest BCUT2D eigenvalue weighted by Crippen LogP contribution is -2.44. The van der Waals surface area contributed by atoms with Gasteiger partial charge in [-0.15, -0.1) is 0 Å². The number of aromatic nitrogens is 2. The minimum absolute atomic E-state index is 0.0689. The molecule has 12 heteroatoms. The van der Waals surface area contributed by atoms with Crippen molar-refractivity contribution in [2.75, 3.05) is 30.0 Å². The Morgan fingerprint density at radius 1 is 1.17 bits per heavy atom. The Morgan fingerprint density at radius 3 is 2.56 bits per heavy atom. The third-order valence-corrected chi connectivity index (χ3v) is 10.9. The van der Waals surface area contributed by atoms with Gasteiger partial charge in [-0.1, -0.05) is 11.6 Å². The monoisotopic (exact) mass is 594 g/mol. The molecule has 0 spiro atoms. The van der Waals surface area contributed by atoms with Gasteiger partial charge in [0.1, 0.15) is 10.6 Å². The van der Waals surface area contributed by atoms with Gasteiger partial charge in [-0.3, -0.25) is 9.11 Å². The lowest BCUT2D eigenvalue weighted by atomic mass is 10.1. The molecule has 3 fully saturated rings. The van der Waals surface area contributed by atoms with Gasteiger partial charge >= 0.3 is 6.03 Å². The molecule has 1 aliphatic heterocycles. The van der Waals surface area contributed by atoms with E-state index in [2.05, 4.69) is 22.5 Å². The Kier molecular flexibility index (Phi) is 7.30. The zero-order chi connectivity index (χ0) is 28.8. The summed E-state index contributed by atoms with van der Waals surface area (Å²) in [4.78, 5) is 24.3. The molecule has 1 saturated heterocycles. The van der Waals surface area contributed by atoms with Crippen LogP contribution in [0.1, 0.15) is 43.9 Å². The largest absolute Gasteiger partial charge is 0.377 e. The van der Waals surface area contributed by atoms with Crippen LogP contribution in [0.15, 0.2) is 53.4 Å². The molecule has 10 nitrogen and oxygen atoms in total. The first kappa shape index (κ1) is 27.8. The second-order valence-electron chi connectivity index (χ2n) is 10.8. The smallest absolute Gasteiger partial charge is 0.319 e. The number of halogens is 1. The molecule has 3 aliphatic rings. The van der Waals surface area contributed by atoms with Crippen molar-refractivity contribution in [1.29, 1.82) is 5.26 Å². The number of ether oxygens (including phenoxy) is 1. The van der Waals surface area contributed by atoms with E-state index in [9.17, 15) is 19.2 Å². The number of carbonyl (C=O) groups excluding carboxylic acids is 1. The molecule has 2 heterocycles. The topological polar surface area (TPSA) is 144 Å². The number of rotatable bonds is 7. The molecule has 1 aromatic heterocycles. The van der Waals surface area contributed by atoms with Crippen molar-refractivity contribution >= 4 is 39.7 Å². The summed E-state index contributed by atoms with van der Waals surface area (Å²) in [6.07, 6.45) is 3.04. The van der Waals surface area contributed by atoms with Crippen molar-refractivity contribution in [3.8, 4) is 17.5 Å². The van der Waals surface area contributed by atoms with Gasteiger partial charge in [0.05, 0.1) is 46.5 Å². The molecule has 2 aromatic carbocycles. The van der Waals surface area contributed by atoms with Crippen molar-refractivity contribution in [2.24, 2.45) is 0 Å². The maximum atomic E-state index is 12.2. The van der Waals surface area contributed by atoms with E-state index in [0.717, 1.165) is 18.4 Å². The molecule has 0 bridgehead atoms. The number of benzene rings is 2. The Bertz CT molecular complexity index is 1520. The van der Waals surface area contributed by atoms with Gasteiger partial charge in [-0.05, 0) is 75.1 Å².